The molecule has 0 spiro atoms. The summed E-state index contributed by atoms with van der Waals surface area (Å²) in [6.45, 7) is 5.74. The molecule has 0 fully saturated rings. The number of carbonyl (C=O) groups excluding carboxylic acids is 1. The SMILES string of the molecule is C=CCCC(=O)N(O)CCC(C)C(O)CN. The number of aliphatic hydroxyl groups is 1. The summed E-state index contributed by atoms with van der Waals surface area (Å²) in [5, 5.41) is 19.5. The van der Waals surface area contributed by atoms with E-state index in [1.54, 1.807) is 6.08 Å². The van der Waals surface area contributed by atoms with E-state index in [1.807, 2.05) is 6.92 Å². The minimum absolute atomic E-state index is 0.0353. The third kappa shape index (κ3) is 5.85. The predicted octanol–water partition coefficient (Wildman–Crippen LogP) is 0.516. The zero-order valence-corrected chi connectivity index (χ0v) is 9.80. The fourth-order valence-corrected chi connectivity index (χ4v) is 1.23. The average Bonchev–Trinajstić information content (AvgIpc) is 2.31. The van der Waals surface area contributed by atoms with Crippen molar-refractivity contribution in [2.24, 2.45) is 11.7 Å². The molecule has 0 saturated carbocycles. The molecule has 0 aliphatic rings. The van der Waals surface area contributed by atoms with Gasteiger partial charge < -0.3 is 10.8 Å². The number of nitrogens with two attached hydrogens (primary N) is 1. The predicted molar refractivity (Wildman–Crippen MR) is 61.8 cm³/mol. The lowest BCUT2D eigenvalue weighted by Gasteiger charge is -2.20. The molecule has 0 bridgehead atoms. The van der Waals surface area contributed by atoms with E-state index >= 15 is 0 Å². The van der Waals surface area contributed by atoms with Crippen LogP contribution in [0.25, 0.3) is 0 Å². The van der Waals surface area contributed by atoms with Gasteiger partial charge in [0.1, 0.15) is 0 Å². The second-order valence-electron chi connectivity index (χ2n) is 3.91. The zero-order valence-electron chi connectivity index (χ0n) is 9.80. The second kappa shape index (κ2) is 8.27. The van der Waals surface area contributed by atoms with E-state index in [0.717, 1.165) is 0 Å². The Morgan fingerprint density at radius 1 is 1.62 bits per heavy atom. The molecule has 0 aliphatic carbocycles. The van der Waals surface area contributed by atoms with Crippen molar-refractivity contribution in [1.82, 2.24) is 5.06 Å². The highest BCUT2D eigenvalue weighted by Crippen LogP contribution is 2.08. The van der Waals surface area contributed by atoms with Crippen molar-refractivity contribution in [1.29, 1.82) is 0 Å². The molecule has 16 heavy (non-hydrogen) atoms. The number of rotatable bonds is 8. The smallest absolute Gasteiger partial charge is 0.246 e. The molecular formula is C11H22N2O3. The minimum Gasteiger partial charge on any atom is -0.392 e. The van der Waals surface area contributed by atoms with Crippen LogP contribution in [0.2, 0.25) is 0 Å². The maximum atomic E-state index is 11.3. The van der Waals surface area contributed by atoms with Crippen LogP contribution in [0.1, 0.15) is 26.2 Å². The molecule has 2 atom stereocenters. The summed E-state index contributed by atoms with van der Waals surface area (Å²) in [6, 6.07) is 0. The molecule has 0 aliphatic heterocycles. The molecule has 0 heterocycles. The lowest BCUT2D eigenvalue weighted by Crippen LogP contribution is -2.33. The number of hydrogen-bond acceptors (Lipinski definition) is 4. The second-order valence-corrected chi connectivity index (χ2v) is 3.91. The average molecular weight is 230 g/mol. The topological polar surface area (TPSA) is 86.8 Å². The lowest BCUT2D eigenvalue weighted by molar-refractivity contribution is -0.166. The first-order chi connectivity index (χ1) is 7.52. The van der Waals surface area contributed by atoms with Gasteiger partial charge in [-0.15, -0.1) is 6.58 Å². The number of aliphatic hydroxyl groups excluding tert-OH is 1. The van der Waals surface area contributed by atoms with Gasteiger partial charge in [0.25, 0.3) is 0 Å². The van der Waals surface area contributed by atoms with Crippen LogP contribution in [0.5, 0.6) is 0 Å². The zero-order chi connectivity index (χ0) is 12.6. The summed E-state index contributed by atoms with van der Waals surface area (Å²) in [4.78, 5) is 11.3. The van der Waals surface area contributed by atoms with Crippen molar-refractivity contribution in [3.63, 3.8) is 0 Å². The molecule has 5 nitrogen and oxygen atoms in total. The van der Waals surface area contributed by atoms with Crippen LogP contribution in [0.15, 0.2) is 12.7 Å². The largest absolute Gasteiger partial charge is 0.392 e. The van der Waals surface area contributed by atoms with E-state index in [4.69, 9.17) is 5.73 Å². The van der Waals surface area contributed by atoms with Crippen molar-refractivity contribution in [3.8, 4) is 0 Å². The number of hydroxylamine groups is 2. The maximum Gasteiger partial charge on any atom is 0.246 e. The van der Waals surface area contributed by atoms with Gasteiger partial charge in [-0.05, 0) is 18.8 Å². The number of hydrogen-bond donors (Lipinski definition) is 3. The van der Waals surface area contributed by atoms with Crippen LogP contribution in [0.4, 0.5) is 0 Å². The Balaban J connectivity index is 3.83. The van der Waals surface area contributed by atoms with E-state index < -0.39 is 6.10 Å². The Morgan fingerprint density at radius 2 is 2.25 bits per heavy atom. The summed E-state index contributed by atoms with van der Waals surface area (Å²) >= 11 is 0. The van der Waals surface area contributed by atoms with Gasteiger partial charge in [0.15, 0.2) is 0 Å². The third-order valence-corrected chi connectivity index (χ3v) is 2.54. The fraction of sp³-hybridized carbons (Fsp3) is 0.727. The van der Waals surface area contributed by atoms with E-state index in [-0.39, 0.29) is 31.3 Å². The van der Waals surface area contributed by atoms with Crippen molar-refractivity contribution in [2.45, 2.75) is 32.3 Å². The number of nitrogens with zero attached hydrogens (tertiary/aromatic N) is 1. The van der Waals surface area contributed by atoms with E-state index in [0.29, 0.717) is 17.9 Å². The molecule has 2 unspecified atom stereocenters. The lowest BCUT2D eigenvalue weighted by atomic mass is 10.0. The summed E-state index contributed by atoms with van der Waals surface area (Å²) in [5.74, 6) is -0.360. The first-order valence-electron chi connectivity index (χ1n) is 5.51. The fourth-order valence-electron chi connectivity index (χ4n) is 1.23. The number of amides is 1. The molecule has 0 aromatic heterocycles. The van der Waals surface area contributed by atoms with Crippen LogP contribution < -0.4 is 5.73 Å². The quantitative estimate of drug-likeness (QED) is 0.322. The summed E-state index contributed by atoms with van der Waals surface area (Å²) in [5.41, 5.74) is 5.30. The molecule has 0 aromatic rings. The van der Waals surface area contributed by atoms with Gasteiger partial charge >= 0.3 is 0 Å². The van der Waals surface area contributed by atoms with E-state index in [9.17, 15) is 15.1 Å². The summed E-state index contributed by atoms with van der Waals surface area (Å²) in [6.07, 6.45) is 2.38. The monoisotopic (exact) mass is 230 g/mol. The van der Waals surface area contributed by atoms with Gasteiger partial charge in [0.05, 0.1) is 6.10 Å². The van der Waals surface area contributed by atoms with Crippen LogP contribution in [-0.2, 0) is 4.79 Å². The molecule has 5 heteroatoms. The Kier molecular flexibility index (Phi) is 7.80. The van der Waals surface area contributed by atoms with Crippen molar-refractivity contribution < 1.29 is 15.1 Å². The first kappa shape index (κ1) is 15.1. The maximum absolute atomic E-state index is 11.3. The molecule has 94 valence electrons. The molecule has 0 rings (SSSR count). The van der Waals surface area contributed by atoms with Gasteiger partial charge in [0, 0.05) is 19.5 Å². The van der Waals surface area contributed by atoms with Crippen LogP contribution in [-0.4, -0.2) is 40.5 Å². The van der Waals surface area contributed by atoms with Gasteiger partial charge in [-0.1, -0.05) is 13.0 Å². The molecular weight excluding hydrogens is 208 g/mol. The third-order valence-electron chi connectivity index (χ3n) is 2.54. The van der Waals surface area contributed by atoms with Crippen LogP contribution in [0, 0.1) is 5.92 Å². The van der Waals surface area contributed by atoms with Crippen LogP contribution >= 0.6 is 0 Å². The molecule has 0 radical (unpaired) electrons. The standard InChI is InChI=1S/C11H22N2O3/c1-3-4-5-11(15)13(16)7-6-9(2)10(14)8-12/h3,9-10,14,16H,1,4-8,12H2,2H3. The van der Waals surface area contributed by atoms with Crippen LogP contribution in [0.3, 0.4) is 0 Å². The molecule has 4 N–H and O–H groups in total. The van der Waals surface area contributed by atoms with E-state index in [2.05, 4.69) is 6.58 Å². The molecule has 0 aromatic carbocycles. The Labute approximate surface area is 96.5 Å². The van der Waals surface area contributed by atoms with E-state index in [1.165, 1.54) is 0 Å². The van der Waals surface area contributed by atoms with Gasteiger partial charge in [-0.2, -0.15) is 0 Å². The first-order valence-corrected chi connectivity index (χ1v) is 5.51. The highest BCUT2D eigenvalue weighted by atomic mass is 16.5. The minimum atomic E-state index is -0.586. The Hall–Kier alpha value is -0.910. The molecule has 0 saturated heterocycles. The highest BCUT2D eigenvalue weighted by Gasteiger charge is 2.15. The van der Waals surface area contributed by atoms with Gasteiger partial charge in [-0.3, -0.25) is 10.0 Å². The Bertz CT molecular complexity index is 221. The van der Waals surface area contributed by atoms with Crippen molar-refractivity contribution in [2.75, 3.05) is 13.1 Å². The normalized spacial score (nSPS) is 14.2. The van der Waals surface area contributed by atoms with Gasteiger partial charge in [0.2, 0.25) is 5.91 Å². The number of allylic oxidation sites excluding steroid dienone is 1. The number of carbonyl (C=O) groups is 1. The van der Waals surface area contributed by atoms with Crippen molar-refractivity contribution >= 4 is 5.91 Å². The summed E-state index contributed by atoms with van der Waals surface area (Å²) < 4.78 is 0. The summed E-state index contributed by atoms with van der Waals surface area (Å²) in [7, 11) is 0. The molecule has 1 amide bonds. The van der Waals surface area contributed by atoms with Crippen molar-refractivity contribution in [3.05, 3.63) is 12.7 Å². The van der Waals surface area contributed by atoms with Gasteiger partial charge in [-0.25, -0.2) is 5.06 Å². The Morgan fingerprint density at radius 3 is 2.75 bits per heavy atom. The highest BCUT2D eigenvalue weighted by molar-refractivity contribution is 5.74.